The number of benzene rings is 2. The van der Waals surface area contributed by atoms with E-state index in [9.17, 15) is 13.2 Å². The van der Waals surface area contributed by atoms with E-state index < -0.39 is 10.0 Å². The third-order valence-corrected chi connectivity index (χ3v) is 6.01. The monoisotopic (exact) mass is 396 g/mol. The van der Waals surface area contributed by atoms with E-state index in [1.54, 1.807) is 0 Å². The third kappa shape index (κ3) is 3.99. The summed E-state index contributed by atoms with van der Waals surface area (Å²) in [6, 6.07) is 11.4. The number of nitrogens with zero attached hydrogens (tertiary/aromatic N) is 1. The Hall–Kier alpha value is -1.70. The normalized spacial score (nSPS) is 11.5. The number of nitrogens with one attached hydrogen (secondary N) is 1. The lowest BCUT2D eigenvalue weighted by molar-refractivity contribution is 0.102. The Bertz CT molecular complexity index is 831. The predicted molar refractivity (Wildman–Crippen MR) is 94.1 cm³/mol. The van der Waals surface area contributed by atoms with Crippen LogP contribution in [0.25, 0.3) is 0 Å². The first-order valence-electron chi connectivity index (χ1n) is 6.82. The Morgan fingerprint density at radius 1 is 1.09 bits per heavy atom. The van der Waals surface area contributed by atoms with Crippen LogP contribution in [0.4, 0.5) is 5.69 Å². The molecule has 0 spiro atoms. The molecule has 2 aromatic carbocycles. The maximum atomic E-state index is 12.2. The molecule has 122 valence electrons. The lowest BCUT2D eigenvalue weighted by Gasteiger charge is -2.12. The first kappa shape index (κ1) is 17.7. The van der Waals surface area contributed by atoms with E-state index in [2.05, 4.69) is 21.2 Å². The first-order chi connectivity index (χ1) is 10.7. The van der Waals surface area contributed by atoms with Gasteiger partial charge in [0.15, 0.2) is 0 Å². The summed E-state index contributed by atoms with van der Waals surface area (Å²) in [6.07, 6.45) is 0. The molecule has 0 bridgehead atoms. The molecular formula is C16H17BrN2O3S. The van der Waals surface area contributed by atoms with Crippen molar-refractivity contribution < 1.29 is 13.2 Å². The van der Waals surface area contributed by atoms with Crippen molar-refractivity contribution >= 4 is 37.5 Å². The van der Waals surface area contributed by atoms with Crippen LogP contribution in [0.2, 0.25) is 0 Å². The maximum Gasteiger partial charge on any atom is 0.255 e. The number of amides is 1. The van der Waals surface area contributed by atoms with Crippen LogP contribution in [0.1, 0.15) is 15.9 Å². The molecule has 2 rings (SSSR count). The van der Waals surface area contributed by atoms with Crippen molar-refractivity contribution in [2.24, 2.45) is 0 Å². The van der Waals surface area contributed by atoms with Gasteiger partial charge in [0.05, 0.1) is 4.90 Å². The molecule has 0 aromatic heterocycles. The van der Waals surface area contributed by atoms with Crippen LogP contribution in [0, 0.1) is 6.92 Å². The van der Waals surface area contributed by atoms with Crippen LogP contribution >= 0.6 is 15.9 Å². The van der Waals surface area contributed by atoms with Gasteiger partial charge in [-0.25, -0.2) is 12.7 Å². The van der Waals surface area contributed by atoms with Gasteiger partial charge in [-0.3, -0.25) is 4.79 Å². The summed E-state index contributed by atoms with van der Waals surface area (Å²) in [5.74, 6) is -0.297. The van der Waals surface area contributed by atoms with Gasteiger partial charge in [-0.1, -0.05) is 22.0 Å². The topological polar surface area (TPSA) is 66.5 Å². The van der Waals surface area contributed by atoms with E-state index in [0.29, 0.717) is 11.3 Å². The Labute approximate surface area is 144 Å². The van der Waals surface area contributed by atoms with Gasteiger partial charge in [0, 0.05) is 29.8 Å². The van der Waals surface area contributed by atoms with Crippen molar-refractivity contribution in [3.05, 3.63) is 58.1 Å². The summed E-state index contributed by atoms with van der Waals surface area (Å²) in [4.78, 5) is 12.4. The molecule has 0 fully saturated rings. The number of carbonyl (C=O) groups excluding carboxylic acids is 1. The lowest BCUT2D eigenvalue weighted by Crippen LogP contribution is -2.22. The Morgan fingerprint density at radius 2 is 1.70 bits per heavy atom. The summed E-state index contributed by atoms with van der Waals surface area (Å²) in [5, 5.41) is 2.78. The molecule has 0 saturated carbocycles. The largest absolute Gasteiger partial charge is 0.322 e. The fraction of sp³-hybridized carbons (Fsp3) is 0.188. The SMILES string of the molecule is Cc1ccc(NC(=O)c2ccc(S(=O)(=O)N(C)C)cc2)cc1Br. The molecule has 23 heavy (non-hydrogen) atoms. The van der Waals surface area contributed by atoms with Crippen LogP contribution < -0.4 is 5.32 Å². The van der Waals surface area contributed by atoms with Crippen molar-refractivity contribution in [3.63, 3.8) is 0 Å². The summed E-state index contributed by atoms with van der Waals surface area (Å²) in [6.45, 7) is 1.96. The fourth-order valence-electron chi connectivity index (χ4n) is 1.86. The molecule has 0 heterocycles. The minimum absolute atomic E-state index is 0.150. The van der Waals surface area contributed by atoms with Crippen LogP contribution in [-0.2, 0) is 10.0 Å². The van der Waals surface area contributed by atoms with Gasteiger partial charge in [-0.05, 0) is 48.9 Å². The van der Waals surface area contributed by atoms with Gasteiger partial charge in [-0.15, -0.1) is 0 Å². The van der Waals surface area contributed by atoms with Crippen molar-refractivity contribution in [1.29, 1.82) is 0 Å². The molecule has 5 nitrogen and oxygen atoms in total. The van der Waals surface area contributed by atoms with Gasteiger partial charge in [0.1, 0.15) is 0 Å². The van der Waals surface area contributed by atoms with Crippen molar-refractivity contribution in [3.8, 4) is 0 Å². The van der Waals surface area contributed by atoms with E-state index >= 15 is 0 Å². The highest BCUT2D eigenvalue weighted by atomic mass is 79.9. The maximum absolute atomic E-state index is 12.2. The van der Waals surface area contributed by atoms with E-state index in [1.165, 1.54) is 38.4 Å². The highest BCUT2D eigenvalue weighted by Gasteiger charge is 2.17. The van der Waals surface area contributed by atoms with E-state index in [0.717, 1.165) is 14.3 Å². The van der Waals surface area contributed by atoms with Gasteiger partial charge < -0.3 is 5.32 Å². The number of anilines is 1. The molecular weight excluding hydrogens is 380 g/mol. The number of hydrogen-bond donors (Lipinski definition) is 1. The standard InChI is InChI=1S/C16H17BrN2O3S/c1-11-4-7-13(10-15(11)17)18-16(20)12-5-8-14(9-6-12)23(21,22)19(2)3/h4-10H,1-3H3,(H,18,20). The van der Waals surface area contributed by atoms with Gasteiger partial charge >= 0.3 is 0 Å². The van der Waals surface area contributed by atoms with Gasteiger partial charge in [0.25, 0.3) is 5.91 Å². The molecule has 2 aromatic rings. The van der Waals surface area contributed by atoms with Gasteiger partial charge in [0.2, 0.25) is 10.0 Å². The first-order valence-corrected chi connectivity index (χ1v) is 9.05. The quantitative estimate of drug-likeness (QED) is 0.861. The summed E-state index contributed by atoms with van der Waals surface area (Å²) >= 11 is 3.41. The van der Waals surface area contributed by atoms with Crippen molar-refractivity contribution in [2.45, 2.75) is 11.8 Å². The molecule has 0 atom stereocenters. The Kier molecular flexibility index (Phi) is 5.23. The van der Waals surface area contributed by atoms with Gasteiger partial charge in [-0.2, -0.15) is 0 Å². The number of rotatable bonds is 4. The average Bonchev–Trinajstić information content (AvgIpc) is 2.51. The fourth-order valence-corrected chi connectivity index (χ4v) is 3.14. The predicted octanol–water partition coefficient (Wildman–Crippen LogP) is 3.26. The smallest absolute Gasteiger partial charge is 0.255 e. The molecule has 0 aliphatic heterocycles. The second-order valence-corrected chi connectivity index (χ2v) is 8.24. The van der Waals surface area contributed by atoms with E-state index in [4.69, 9.17) is 0 Å². The molecule has 0 saturated heterocycles. The molecule has 0 unspecified atom stereocenters. The zero-order chi connectivity index (χ0) is 17.2. The van der Waals surface area contributed by atoms with Crippen LogP contribution in [0.15, 0.2) is 51.8 Å². The molecule has 0 aliphatic carbocycles. The van der Waals surface area contributed by atoms with E-state index in [-0.39, 0.29) is 10.8 Å². The third-order valence-electron chi connectivity index (χ3n) is 3.32. The van der Waals surface area contributed by atoms with Crippen LogP contribution in [0.3, 0.4) is 0 Å². The number of aryl methyl sites for hydroxylation is 1. The Balaban J connectivity index is 2.19. The van der Waals surface area contributed by atoms with E-state index in [1.807, 2.05) is 25.1 Å². The second-order valence-electron chi connectivity index (χ2n) is 5.23. The zero-order valence-electron chi connectivity index (χ0n) is 13.0. The Morgan fingerprint density at radius 3 is 2.22 bits per heavy atom. The number of sulfonamides is 1. The van der Waals surface area contributed by atoms with Crippen molar-refractivity contribution in [1.82, 2.24) is 4.31 Å². The molecule has 0 radical (unpaired) electrons. The zero-order valence-corrected chi connectivity index (χ0v) is 15.4. The van der Waals surface area contributed by atoms with Crippen LogP contribution in [-0.4, -0.2) is 32.7 Å². The average molecular weight is 397 g/mol. The number of hydrogen-bond acceptors (Lipinski definition) is 3. The molecule has 0 aliphatic rings. The highest BCUT2D eigenvalue weighted by molar-refractivity contribution is 9.10. The molecule has 7 heteroatoms. The summed E-state index contributed by atoms with van der Waals surface area (Å²) in [7, 11) is -0.566. The number of halogens is 1. The minimum atomic E-state index is -3.49. The van der Waals surface area contributed by atoms with Crippen molar-refractivity contribution in [2.75, 3.05) is 19.4 Å². The summed E-state index contributed by atoms with van der Waals surface area (Å²) < 4.78 is 26.0. The lowest BCUT2D eigenvalue weighted by atomic mass is 10.2. The highest BCUT2D eigenvalue weighted by Crippen LogP contribution is 2.21. The van der Waals surface area contributed by atoms with Crippen LogP contribution in [0.5, 0.6) is 0 Å². The molecule has 1 amide bonds. The minimum Gasteiger partial charge on any atom is -0.322 e. The number of carbonyl (C=O) groups is 1. The second kappa shape index (κ2) is 6.82. The summed E-state index contributed by atoms with van der Waals surface area (Å²) in [5.41, 5.74) is 2.12. The molecule has 1 N–H and O–H groups in total.